The van der Waals surface area contributed by atoms with E-state index in [0.717, 1.165) is 0 Å². The van der Waals surface area contributed by atoms with Gasteiger partial charge in [-0.2, -0.15) is 0 Å². The van der Waals surface area contributed by atoms with Gasteiger partial charge in [0.2, 0.25) is 0 Å². The monoisotopic (exact) mass is 326 g/mol. The second kappa shape index (κ2) is 6.28. The summed E-state index contributed by atoms with van der Waals surface area (Å²) in [6.07, 6.45) is 0. The van der Waals surface area contributed by atoms with Crippen LogP contribution in [0.25, 0.3) is 0 Å². The summed E-state index contributed by atoms with van der Waals surface area (Å²) in [6.45, 7) is 3.94. The minimum Gasteiger partial charge on any atom is -0.366 e. The first-order valence-corrected chi connectivity index (χ1v) is 8.11. The van der Waals surface area contributed by atoms with E-state index >= 15 is 0 Å². The molecular weight excluding hydrogens is 312 g/mol. The number of anilines is 2. The fraction of sp³-hybridized carbons (Fsp3) is 0.231. The van der Waals surface area contributed by atoms with Crippen molar-refractivity contribution >= 4 is 33.3 Å². The molecule has 0 fully saturated rings. The quantitative estimate of drug-likeness (QED) is 0.882. The molecule has 2 aromatic rings. The third-order valence-corrected chi connectivity index (χ3v) is 4.09. The molecule has 6 nitrogen and oxygen atoms in total. The van der Waals surface area contributed by atoms with Crippen LogP contribution in [-0.4, -0.2) is 24.7 Å². The largest absolute Gasteiger partial charge is 0.366 e. The molecule has 0 saturated carbocycles. The maximum atomic E-state index is 12.1. The highest BCUT2D eigenvalue weighted by atomic mass is 35.5. The van der Waals surface area contributed by atoms with Gasteiger partial charge < -0.3 is 5.32 Å². The standard InChI is InChI=1S/C13H15ClN4O2S/c1-9(2)15-12-7-8-13(17-16-12)18-21(19,20)11-5-3-10(14)4-6-11/h3-9H,1-2H3,(H,15,16)(H,17,18). The highest BCUT2D eigenvalue weighted by Gasteiger charge is 2.14. The van der Waals surface area contributed by atoms with Crippen LogP contribution in [0.15, 0.2) is 41.3 Å². The Hall–Kier alpha value is -1.86. The summed E-state index contributed by atoms with van der Waals surface area (Å²) in [5.41, 5.74) is 0. The number of halogens is 1. The highest BCUT2D eigenvalue weighted by Crippen LogP contribution is 2.17. The Bertz CT molecular complexity index is 700. The Balaban J connectivity index is 2.15. The van der Waals surface area contributed by atoms with E-state index in [-0.39, 0.29) is 16.8 Å². The molecule has 0 atom stereocenters. The first-order valence-electron chi connectivity index (χ1n) is 6.25. The van der Waals surface area contributed by atoms with Gasteiger partial charge in [0.25, 0.3) is 10.0 Å². The number of benzene rings is 1. The molecule has 0 aliphatic heterocycles. The van der Waals surface area contributed by atoms with Gasteiger partial charge in [0, 0.05) is 11.1 Å². The first kappa shape index (κ1) is 15.5. The number of hydrogen-bond donors (Lipinski definition) is 2. The molecule has 0 aliphatic rings. The van der Waals surface area contributed by atoms with Crippen molar-refractivity contribution in [3.63, 3.8) is 0 Å². The second-order valence-corrected chi connectivity index (χ2v) is 6.78. The van der Waals surface area contributed by atoms with Gasteiger partial charge in [0.05, 0.1) is 4.90 Å². The zero-order chi connectivity index (χ0) is 15.5. The number of rotatable bonds is 5. The lowest BCUT2D eigenvalue weighted by Crippen LogP contribution is -2.15. The SMILES string of the molecule is CC(C)Nc1ccc(NS(=O)(=O)c2ccc(Cl)cc2)nn1. The van der Waals surface area contributed by atoms with Gasteiger partial charge >= 0.3 is 0 Å². The van der Waals surface area contributed by atoms with Crippen molar-refractivity contribution in [3.8, 4) is 0 Å². The van der Waals surface area contributed by atoms with E-state index < -0.39 is 10.0 Å². The predicted molar refractivity (Wildman–Crippen MR) is 83.1 cm³/mol. The minimum absolute atomic E-state index is 0.109. The minimum atomic E-state index is -3.70. The maximum absolute atomic E-state index is 12.1. The lowest BCUT2D eigenvalue weighted by molar-refractivity contribution is 0.601. The lowest BCUT2D eigenvalue weighted by Gasteiger charge is -2.09. The van der Waals surface area contributed by atoms with E-state index in [4.69, 9.17) is 11.6 Å². The van der Waals surface area contributed by atoms with Crippen molar-refractivity contribution < 1.29 is 8.42 Å². The molecule has 1 aromatic heterocycles. The van der Waals surface area contributed by atoms with Crippen LogP contribution in [0.2, 0.25) is 5.02 Å². The summed E-state index contributed by atoms with van der Waals surface area (Å²) in [4.78, 5) is 0.109. The molecular formula is C13H15ClN4O2S. The Morgan fingerprint density at radius 3 is 2.10 bits per heavy atom. The summed E-state index contributed by atoms with van der Waals surface area (Å²) < 4.78 is 26.6. The van der Waals surface area contributed by atoms with Crippen molar-refractivity contribution in [3.05, 3.63) is 41.4 Å². The average Bonchev–Trinajstić information content (AvgIpc) is 2.40. The number of hydrogen-bond acceptors (Lipinski definition) is 5. The van der Waals surface area contributed by atoms with Crippen LogP contribution < -0.4 is 10.0 Å². The van der Waals surface area contributed by atoms with Gasteiger partial charge in [-0.3, -0.25) is 4.72 Å². The normalized spacial score (nSPS) is 11.4. The van der Waals surface area contributed by atoms with Crippen molar-refractivity contribution in [1.29, 1.82) is 0 Å². The molecule has 2 N–H and O–H groups in total. The van der Waals surface area contributed by atoms with E-state index in [0.29, 0.717) is 10.8 Å². The molecule has 1 aromatic carbocycles. The summed E-state index contributed by atoms with van der Waals surface area (Å²) in [6, 6.07) is 9.29. The van der Waals surface area contributed by atoms with E-state index in [1.807, 2.05) is 13.8 Å². The molecule has 0 spiro atoms. The molecule has 8 heteroatoms. The predicted octanol–water partition coefficient (Wildman–Crippen LogP) is 2.75. The molecule has 1 heterocycles. The van der Waals surface area contributed by atoms with Crippen LogP contribution in [0.5, 0.6) is 0 Å². The Morgan fingerprint density at radius 1 is 1.00 bits per heavy atom. The van der Waals surface area contributed by atoms with Gasteiger partial charge in [-0.25, -0.2) is 8.42 Å². The molecule has 0 bridgehead atoms. The Labute approximate surface area is 128 Å². The summed E-state index contributed by atoms with van der Waals surface area (Å²) >= 11 is 5.74. The molecule has 0 unspecified atom stereocenters. The van der Waals surface area contributed by atoms with Crippen LogP contribution in [0, 0.1) is 0 Å². The third-order valence-electron chi connectivity index (χ3n) is 2.46. The van der Waals surface area contributed by atoms with Crippen molar-refractivity contribution in [1.82, 2.24) is 10.2 Å². The average molecular weight is 327 g/mol. The Kier molecular flexibility index (Phi) is 4.64. The van der Waals surface area contributed by atoms with E-state index in [2.05, 4.69) is 20.2 Å². The smallest absolute Gasteiger partial charge is 0.263 e. The van der Waals surface area contributed by atoms with E-state index in [1.54, 1.807) is 12.1 Å². The fourth-order valence-corrected chi connectivity index (χ4v) is 2.69. The van der Waals surface area contributed by atoms with Crippen LogP contribution >= 0.6 is 11.6 Å². The third kappa shape index (κ3) is 4.30. The molecule has 0 saturated heterocycles. The van der Waals surface area contributed by atoms with Gasteiger partial charge in [-0.05, 0) is 50.2 Å². The number of aromatic nitrogens is 2. The lowest BCUT2D eigenvalue weighted by atomic mass is 10.4. The molecule has 2 rings (SSSR count). The maximum Gasteiger partial charge on any atom is 0.263 e. The van der Waals surface area contributed by atoms with Crippen molar-refractivity contribution in [2.45, 2.75) is 24.8 Å². The van der Waals surface area contributed by atoms with Crippen LogP contribution in [-0.2, 0) is 10.0 Å². The van der Waals surface area contributed by atoms with Gasteiger partial charge in [0.15, 0.2) is 5.82 Å². The van der Waals surface area contributed by atoms with Gasteiger partial charge in [-0.1, -0.05) is 11.6 Å². The molecule has 112 valence electrons. The van der Waals surface area contributed by atoms with E-state index in [9.17, 15) is 8.42 Å². The zero-order valence-corrected chi connectivity index (χ0v) is 13.1. The van der Waals surface area contributed by atoms with Gasteiger partial charge in [0.1, 0.15) is 5.82 Å². The molecule has 21 heavy (non-hydrogen) atoms. The highest BCUT2D eigenvalue weighted by molar-refractivity contribution is 7.92. The second-order valence-electron chi connectivity index (χ2n) is 4.66. The van der Waals surface area contributed by atoms with Crippen LogP contribution in [0.4, 0.5) is 11.6 Å². The number of nitrogens with zero attached hydrogens (tertiary/aromatic N) is 2. The van der Waals surface area contributed by atoms with E-state index in [1.165, 1.54) is 24.3 Å². The number of sulfonamides is 1. The first-order chi connectivity index (χ1) is 9.87. The summed E-state index contributed by atoms with van der Waals surface area (Å²) in [5.74, 6) is 0.735. The van der Waals surface area contributed by atoms with Gasteiger partial charge in [-0.15, -0.1) is 10.2 Å². The fourth-order valence-electron chi connectivity index (χ4n) is 1.57. The summed E-state index contributed by atoms with van der Waals surface area (Å²) in [5, 5.41) is 11.3. The zero-order valence-electron chi connectivity index (χ0n) is 11.5. The molecule has 0 radical (unpaired) electrons. The molecule has 0 amide bonds. The topological polar surface area (TPSA) is 84.0 Å². The van der Waals surface area contributed by atoms with Crippen molar-refractivity contribution in [2.75, 3.05) is 10.0 Å². The van der Waals surface area contributed by atoms with Crippen LogP contribution in [0.3, 0.4) is 0 Å². The summed E-state index contributed by atoms with van der Waals surface area (Å²) in [7, 11) is -3.70. The Morgan fingerprint density at radius 2 is 1.57 bits per heavy atom. The number of nitrogens with one attached hydrogen (secondary N) is 2. The van der Waals surface area contributed by atoms with Crippen molar-refractivity contribution in [2.24, 2.45) is 0 Å². The molecule has 0 aliphatic carbocycles. The van der Waals surface area contributed by atoms with Crippen LogP contribution in [0.1, 0.15) is 13.8 Å².